The fourth-order valence-corrected chi connectivity index (χ4v) is 2.86. The second-order valence-corrected chi connectivity index (χ2v) is 6.83. The summed E-state index contributed by atoms with van der Waals surface area (Å²) in [7, 11) is 0. The third kappa shape index (κ3) is 5.75. The number of nitrogens with one attached hydrogen (secondary N) is 1. The van der Waals surface area contributed by atoms with Crippen LogP contribution in [0, 0.1) is 6.92 Å². The van der Waals surface area contributed by atoms with Crippen molar-refractivity contribution in [3.05, 3.63) is 77.6 Å². The first-order valence-electron chi connectivity index (χ1n) is 9.52. The highest BCUT2D eigenvalue weighted by Gasteiger charge is 2.19. The van der Waals surface area contributed by atoms with Crippen LogP contribution in [0.3, 0.4) is 0 Å². The normalized spacial score (nSPS) is 11.7. The van der Waals surface area contributed by atoms with Crippen LogP contribution in [0.4, 0.5) is 0 Å². The number of benzene rings is 2. The summed E-state index contributed by atoms with van der Waals surface area (Å²) in [6, 6.07) is 19.3. The molecule has 1 atom stereocenters. The first-order valence-corrected chi connectivity index (χ1v) is 9.52. The lowest BCUT2D eigenvalue weighted by atomic mass is 10.1. The fourth-order valence-electron chi connectivity index (χ4n) is 2.86. The van der Waals surface area contributed by atoms with Gasteiger partial charge in [-0.05, 0) is 44.4 Å². The van der Waals surface area contributed by atoms with E-state index in [1.165, 1.54) is 10.4 Å². The first kappa shape index (κ1) is 20.3. The predicted molar refractivity (Wildman–Crippen MR) is 109 cm³/mol. The lowest BCUT2D eigenvalue weighted by Crippen LogP contribution is -2.36. The zero-order chi connectivity index (χ0) is 20.6. The van der Waals surface area contributed by atoms with Gasteiger partial charge in [0, 0.05) is 6.04 Å². The zero-order valence-electron chi connectivity index (χ0n) is 16.5. The van der Waals surface area contributed by atoms with E-state index in [0.717, 1.165) is 18.5 Å². The summed E-state index contributed by atoms with van der Waals surface area (Å²) >= 11 is 0. The highest BCUT2D eigenvalue weighted by atomic mass is 16.5. The van der Waals surface area contributed by atoms with Gasteiger partial charge in [0.15, 0.2) is 12.3 Å². The van der Waals surface area contributed by atoms with Gasteiger partial charge in [-0.3, -0.25) is 4.79 Å². The predicted octanol–water partition coefficient (Wildman–Crippen LogP) is 2.87. The van der Waals surface area contributed by atoms with Gasteiger partial charge in [0.2, 0.25) is 0 Å². The van der Waals surface area contributed by atoms with E-state index >= 15 is 0 Å². The van der Waals surface area contributed by atoms with Crippen molar-refractivity contribution in [1.29, 1.82) is 0 Å². The van der Waals surface area contributed by atoms with Gasteiger partial charge in [-0.15, -0.1) is 5.10 Å². The summed E-state index contributed by atoms with van der Waals surface area (Å²) in [5.74, 6) is -1.01. The maximum Gasteiger partial charge on any atom is 0.361 e. The Morgan fingerprint density at radius 3 is 2.38 bits per heavy atom. The maximum atomic E-state index is 12.3. The number of carbonyl (C=O) groups is 2. The van der Waals surface area contributed by atoms with E-state index in [-0.39, 0.29) is 24.2 Å². The minimum atomic E-state index is -0.670. The van der Waals surface area contributed by atoms with E-state index in [1.807, 2.05) is 55.5 Å². The summed E-state index contributed by atoms with van der Waals surface area (Å²) in [4.78, 5) is 25.7. The van der Waals surface area contributed by atoms with Crippen LogP contribution in [0.5, 0.6) is 0 Å². The molecule has 7 heteroatoms. The van der Waals surface area contributed by atoms with Crippen molar-refractivity contribution in [3.8, 4) is 5.69 Å². The quantitative estimate of drug-likeness (QED) is 0.596. The molecule has 0 spiro atoms. The highest BCUT2D eigenvalue weighted by molar-refractivity contribution is 5.90. The molecule has 0 aliphatic rings. The Morgan fingerprint density at radius 1 is 1.03 bits per heavy atom. The molecule has 1 aromatic heterocycles. The van der Waals surface area contributed by atoms with Gasteiger partial charge in [-0.2, -0.15) is 9.90 Å². The van der Waals surface area contributed by atoms with Gasteiger partial charge in [0.05, 0.1) is 11.4 Å². The number of hydrogen-bond donors (Lipinski definition) is 1. The van der Waals surface area contributed by atoms with Gasteiger partial charge in [0.25, 0.3) is 5.91 Å². The molecule has 29 heavy (non-hydrogen) atoms. The topological polar surface area (TPSA) is 86.1 Å². The number of carbonyl (C=O) groups excluding carboxylic acids is 2. The molecule has 0 bridgehead atoms. The number of para-hydroxylation sites is 1. The van der Waals surface area contributed by atoms with E-state index in [1.54, 1.807) is 6.92 Å². The monoisotopic (exact) mass is 392 g/mol. The molecule has 0 radical (unpaired) electrons. The van der Waals surface area contributed by atoms with Gasteiger partial charge in [0.1, 0.15) is 0 Å². The summed E-state index contributed by atoms with van der Waals surface area (Å²) < 4.78 is 5.12. The molecule has 3 aromatic rings. The van der Waals surface area contributed by atoms with Crippen LogP contribution < -0.4 is 5.32 Å². The molecule has 7 nitrogen and oxygen atoms in total. The van der Waals surface area contributed by atoms with Crippen LogP contribution >= 0.6 is 0 Å². The first-order chi connectivity index (χ1) is 14.0. The molecule has 0 aliphatic heterocycles. The van der Waals surface area contributed by atoms with Crippen LogP contribution in [0.2, 0.25) is 0 Å². The van der Waals surface area contributed by atoms with Gasteiger partial charge < -0.3 is 10.1 Å². The largest absolute Gasteiger partial charge is 0.451 e. The Kier molecular flexibility index (Phi) is 6.73. The number of aromatic nitrogens is 3. The number of esters is 1. The van der Waals surface area contributed by atoms with Crippen molar-refractivity contribution < 1.29 is 14.3 Å². The Labute approximate surface area is 169 Å². The average Bonchev–Trinajstić information content (AvgIpc) is 3.14. The van der Waals surface area contributed by atoms with Crippen LogP contribution in [0.1, 0.15) is 35.1 Å². The lowest BCUT2D eigenvalue weighted by molar-refractivity contribution is -0.124. The van der Waals surface area contributed by atoms with E-state index in [4.69, 9.17) is 4.74 Å². The Morgan fingerprint density at radius 2 is 1.69 bits per heavy atom. The molecule has 150 valence electrons. The van der Waals surface area contributed by atoms with E-state index in [2.05, 4.69) is 27.6 Å². The molecule has 1 N–H and O–H groups in total. The van der Waals surface area contributed by atoms with E-state index in [0.29, 0.717) is 5.69 Å². The van der Waals surface area contributed by atoms with Crippen LogP contribution in [0.25, 0.3) is 5.69 Å². The molecule has 0 unspecified atom stereocenters. The van der Waals surface area contributed by atoms with Gasteiger partial charge in [-0.25, -0.2) is 4.79 Å². The SMILES string of the molecule is Cc1nn(-c2ccccc2)nc1C(=O)OCC(=O)N[C@H](C)CCc1ccccc1. The second kappa shape index (κ2) is 9.64. The molecule has 1 amide bonds. The third-order valence-electron chi connectivity index (χ3n) is 4.41. The van der Waals surface area contributed by atoms with Crippen molar-refractivity contribution in [2.75, 3.05) is 6.61 Å². The Balaban J connectivity index is 1.47. The van der Waals surface area contributed by atoms with Crippen molar-refractivity contribution in [1.82, 2.24) is 20.3 Å². The summed E-state index contributed by atoms with van der Waals surface area (Å²) in [6.45, 7) is 3.25. The minimum absolute atomic E-state index is 0.0258. The van der Waals surface area contributed by atoms with Crippen LogP contribution in [-0.4, -0.2) is 39.5 Å². The number of amides is 1. The molecular weight excluding hydrogens is 368 g/mol. The minimum Gasteiger partial charge on any atom is -0.451 e. The van der Waals surface area contributed by atoms with Gasteiger partial charge in [-0.1, -0.05) is 48.5 Å². The third-order valence-corrected chi connectivity index (χ3v) is 4.41. The van der Waals surface area contributed by atoms with E-state index < -0.39 is 5.97 Å². The smallest absolute Gasteiger partial charge is 0.361 e. The number of hydrogen-bond acceptors (Lipinski definition) is 5. The molecule has 0 aliphatic carbocycles. The Bertz CT molecular complexity index is 955. The average molecular weight is 392 g/mol. The number of aryl methyl sites for hydroxylation is 2. The number of rotatable bonds is 8. The second-order valence-electron chi connectivity index (χ2n) is 6.83. The molecule has 0 saturated heterocycles. The highest BCUT2D eigenvalue weighted by Crippen LogP contribution is 2.09. The van der Waals surface area contributed by atoms with Crippen molar-refractivity contribution in [2.24, 2.45) is 0 Å². The van der Waals surface area contributed by atoms with Crippen molar-refractivity contribution in [2.45, 2.75) is 32.7 Å². The molecule has 0 saturated carbocycles. The van der Waals surface area contributed by atoms with Crippen molar-refractivity contribution >= 4 is 11.9 Å². The van der Waals surface area contributed by atoms with Gasteiger partial charge >= 0.3 is 5.97 Å². The fraction of sp³-hybridized carbons (Fsp3) is 0.273. The van der Waals surface area contributed by atoms with Crippen molar-refractivity contribution in [3.63, 3.8) is 0 Å². The Hall–Kier alpha value is -3.48. The standard InChI is InChI=1S/C22H24N4O3/c1-16(13-14-18-9-5-3-6-10-18)23-20(27)15-29-22(28)21-17(2)24-26(25-21)19-11-7-4-8-12-19/h3-12,16H,13-15H2,1-2H3,(H,23,27)/t16-/m1/s1. The maximum absolute atomic E-state index is 12.3. The summed E-state index contributed by atoms with van der Waals surface area (Å²) in [6.07, 6.45) is 1.66. The van der Waals surface area contributed by atoms with E-state index in [9.17, 15) is 9.59 Å². The van der Waals surface area contributed by atoms with Crippen LogP contribution in [-0.2, 0) is 16.0 Å². The zero-order valence-corrected chi connectivity index (χ0v) is 16.5. The summed E-state index contributed by atoms with van der Waals surface area (Å²) in [5.41, 5.74) is 2.49. The molecule has 2 aromatic carbocycles. The molecule has 0 fully saturated rings. The number of nitrogens with zero attached hydrogens (tertiary/aromatic N) is 3. The summed E-state index contributed by atoms with van der Waals surface area (Å²) in [5, 5.41) is 11.3. The number of ether oxygens (including phenoxy) is 1. The molecule has 3 rings (SSSR count). The molecular formula is C22H24N4O3. The van der Waals surface area contributed by atoms with Crippen LogP contribution in [0.15, 0.2) is 60.7 Å². The lowest BCUT2D eigenvalue weighted by Gasteiger charge is -2.13. The molecule has 1 heterocycles.